The van der Waals surface area contributed by atoms with E-state index in [0.29, 0.717) is 35.1 Å². The van der Waals surface area contributed by atoms with Gasteiger partial charge in [0.05, 0.1) is 5.69 Å². The van der Waals surface area contributed by atoms with E-state index in [1.165, 1.54) is 20.5 Å². The molecule has 0 saturated carbocycles. The van der Waals surface area contributed by atoms with Crippen LogP contribution in [0.15, 0.2) is 28.3 Å². The number of carbonyl (C=O) groups is 1. The van der Waals surface area contributed by atoms with Crippen molar-refractivity contribution in [2.45, 2.75) is 19.9 Å². The number of carbonyl (C=O) groups excluding carboxylic acids is 1. The summed E-state index contributed by atoms with van der Waals surface area (Å²) < 4.78 is 28.8. The molecule has 0 bridgehead atoms. The number of aryl methyl sites for hydroxylation is 1. The first kappa shape index (κ1) is 17.8. The molecule has 4 heterocycles. The Morgan fingerprint density at radius 1 is 1.31 bits per heavy atom. The summed E-state index contributed by atoms with van der Waals surface area (Å²) in [5.74, 6) is -0.627. The highest BCUT2D eigenvalue weighted by atomic mass is 32.2. The lowest BCUT2D eigenvalue weighted by atomic mass is 10.1. The van der Waals surface area contributed by atoms with Crippen LogP contribution in [0.25, 0.3) is 10.6 Å². The zero-order valence-corrected chi connectivity index (χ0v) is 17.0. The lowest BCUT2D eigenvalue weighted by molar-refractivity contribution is 0.0982. The van der Waals surface area contributed by atoms with Gasteiger partial charge in [-0.3, -0.25) is 4.79 Å². The number of hydrogen-bond donors (Lipinski definition) is 1. The fraction of sp³-hybridized carbons (Fsp3) is 0.250. The molecule has 1 aliphatic rings. The number of rotatable bonds is 4. The van der Waals surface area contributed by atoms with Crippen LogP contribution in [-0.4, -0.2) is 30.2 Å². The first-order valence-corrected chi connectivity index (χ1v) is 11.9. The predicted octanol–water partition coefficient (Wildman–Crippen LogP) is 3.27. The van der Waals surface area contributed by atoms with Gasteiger partial charge in [-0.2, -0.15) is 24.1 Å². The first-order chi connectivity index (χ1) is 12.4. The van der Waals surface area contributed by atoms with E-state index in [-0.39, 0.29) is 0 Å². The van der Waals surface area contributed by atoms with Gasteiger partial charge in [0.2, 0.25) is 0 Å². The number of fused-ring (bicyclic) bond motifs is 1. The number of thiazole rings is 1. The molecule has 0 aliphatic carbocycles. The van der Waals surface area contributed by atoms with E-state index in [4.69, 9.17) is 0 Å². The molecule has 1 N–H and O–H groups in total. The lowest BCUT2D eigenvalue weighted by Crippen LogP contribution is -2.45. The molecular weight excluding hydrogens is 410 g/mol. The summed E-state index contributed by atoms with van der Waals surface area (Å²) in [4.78, 5) is 18.5. The highest BCUT2D eigenvalue weighted by Crippen LogP contribution is 2.30. The molecule has 0 saturated heterocycles. The van der Waals surface area contributed by atoms with Crippen molar-refractivity contribution in [1.29, 1.82) is 0 Å². The Morgan fingerprint density at radius 2 is 2.15 bits per heavy atom. The van der Waals surface area contributed by atoms with E-state index in [2.05, 4.69) is 9.71 Å². The molecular formula is C16H15N3O3S4. The van der Waals surface area contributed by atoms with Crippen molar-refractivity contribution < 1.29 is 13.2 Å². The smallest absolute Gasteiger partial charge is 0.267 e. The summed E-state index contributed by atoms with van der Waals surface area (Å²) in [6.07, 6.45) is 0.671. The minimum atomic E-state index is -3.89. The van der Waals surface area contributed by atoms with Crippen molar-refractivity contribution in [2.75, 3.05) is 6.54 Å². The second kappa shape index (κ2) is 6.86. The van der Waals surface area contributed by atoms with E-state index in [1.54, 1.807) is 29.6 Å². The minimum absolute atomic E-state index is 0.295. The van der Waals surface area contributed by atoms with Crippen LogP contribution in [0.5, 0.6) is 0 Å². The average Bonchev–Trinajstić information content (AvgIpc) is 3.33. The molecule has 6 nitrogen and oxygen atoms in total. The van der Waals surface area contributed by atoms with Gasteiger partial charge in [0, 0.05) is 28.9 Å². The summed E-state index contributed by atoms with van der Waals surface area (Å²) >= 11 is 4.39. The lowest BCUT2D eigenvalue weighted by Gasteiger charge is -2.25. The van der Waals surface area contributed by atoms with Gasteiger partial charge in [-0.15, -0.1) is 22.7 Å². The molecule has 3 aromatic heterocycles. The number of hydrogen-bond acceptors (Lipinski definition) is 7. The van der Waals surface area contributed by atoms with Crippen molar-refractivity contribution in [3.05, 3.63) is 49.3 Å². The minimum Gasteiger partial charge on any atom is -0.267 e. The molecule has 136 valence electrons. The molecule has 26 heavy (non-hydrogen) atoms. The highest BCUT2D eigenvalue weighted by molar-refractivity contribution is 7.87. The molecule has 10 heteroatoms. The quantitative estimate of drug-likeness (QED) is 0.696. The van der Waals surface area contributed by atoms with Gasteiger partial charge >= 0.3 is 10.2 Å². The van der Waals surface area contributed by atoms with E-state index in [1.807, 2.05) is 28.3 Å². The molecule has 0 atom stereocenters. The Hall–Kier alpha value is -1.59. The monoisotopic (exact) mass is 425 g/mol. The van der Waals surface area contributed by atoms with E-state index < -0.39 is 16.1 Å². The van der Waals surface area contributed by atoms with Gasteiger partial charge in [0.25, 0.3) is 5.91 Å². The van der Waals surface area contributed by atoms with Crippen molar-refractivity contribution in [3.8, 4) is 10.6 Å². The molecule has 0 spiro atoms. The van der Waals surface area contributed by atoms with Crippen LogP contribution >= 0.6 is 34.0 Å². The highest BCUT2D eigenvalue weighted by Gasteiger charge is 2.30. The van der Waals surface area contributed by atoms with Gasteiger partial charge in [-0.1, -0.05) is 0 Å². The second-order valence-corrected chi connectivity index (χ2v) is 10.3. The first-order valence-electron chi connectivity index (χ1n) is 7.81. The molecule has 3 aromatic rings. The Balaban J connectivity index is 1.53. The number of amides is 1. The number of nitrogens with one attached hydrogen (secondary N) is 1. The van der Waals surface area contributed by atoms with Gasteiger partial charge in [0.1, 0.15) is 9.88 Å². The Labute approximate surface area is 163 Å². The largest absolute Gasteiger partial charge is 0.304 e. The standard InChI is InChI=1S/C16H15N3O3S4/c1-10-14(25-16(17-10)12-3-6-23-9-12)15(20)18-26(21,22)19-5-2-13-11(8-19)4-7-24-13/h3-4,6-7,9H,2,5,8H2,1H3,(H,18,20). The SMILES string of the molecule is Cc1nc(-c2ccsc2)sc1C(=O)NS(=O)(=O)N1CCc2sccc2C1. The molecule has 1 amide bonds. The van der Waals surface area contributed by atoms with Crippen LogP contribution < -0.4 is 4.72 Å². The Bertz CT molecular complexity index is 1050. The summed E-state index contributed by atoms with van der Waals surface area (Å²) in [5.41, 5.74) is 2.47. The third-order valence-corrected chi connectivity index (χ3v) is 8.45. The normalized spacial score (nSPS) is 15.0. The van der Waals surface area contributed by atoms with E-state index in [0.717, 1.165) is 11.1 Å². The second-order valence-electron chi connectivity index (χ2n) is 5.83. The van der Waals surface area contributed by atoms with Crippen molar-refractivity contribution >= 4 is 50.1 Å². The Kier molecular flexibility index (Phi) is 4.70. The number of nitrogens with zero attached hydrogens (tertiary/aromatic N) is 2. The maximum Gasteiger partial charge on any atom is 0.304 e. The van der Waals surface area contributed by atoms with Crippen LogP contribution in [-0.2, 0) is 23.2 Å². The van der Waals surface area contributed by atoms with Crippen LogP contribution in [0.1, 0.15) is 25.8 Å². The summed E-state index contributed by atoms with van der Waals surface area (Å²) in [5, 5.41) is 6.56. The molecule has 0 aromatic carbocycles. The van der Waals surface area contributed by atoms with Crippen LogP contribution in [0.4, 0.5) is 0 Å². The summed E-state index contributed by atoms with van der Waals surface area (Å²) in [6.45, 7) is 2.38. The van der Waals surface area contributed by atoms with E-state index >= 15 is 0 Å². The topological polar surface area (TPSA) is 79.4 Å². The van der Waals surface area contributed by atoms with E-state index in [9.17, 15) is 13.2 Å². The fourth-order valence-corrected chi connectivity index (χ4v) is 6.51. The fourth-order valence-electron chi connectivity index (χ4n) is 2.77. The third-order valence-electron chi connectivity index (χ3n) is 4.11. The van der Waals surface area contributed by atoms with Crippen molar-refractivity contribution in [3.63, 3.8) is 0 Å². The third kappa shape index (κ3) is 3.35. The average molecular weight is 426 g/mol. The van der Waals surface area contributed by atoms with Gasteiger partial charge in [-0.05, 0) is 41.8 Å². The molecule has 4 rings (SSSR count). The van der Waals surface area contributed by atoms with Crippen LogP contribution in [0.2, 0.25) is 0 Å². The molecule has 0 radical (unpaired) electrons. The van der Waals surface area contributed by atoms with Gasteiger partial charge in [-0.25, -0.2) is 9.71 Å². The number of thiophene rings is 2. The van der Waals surface area contributed by atoms with Gasteiger partial charge < -0.3 is 0 Å². The molecule has 1 aliphatic heterocycles. The molecule has 0 fully saturated rings. The maximum atomic E-state index is 12.6. The molecule has 0 unspecified atom stereocenters. The number of aromatic nitrogens is 1. The maximum absolute atomic E-state index is 12.6. The van der Waals surface area contributed by atoms with Crippen LogP contribution in [0.3, 0.4) is 0 Å². The summed E-state index contributed by atoms with van der Waals surface area (Å²) in [7, 11) is -3.89. The van der Waals surface area contributed by atoms with Crippen molar-refractivity contribution in [2.24, 2.45) is 0 Å². The van der Waals surface area contributed by atoms with Crippen molar-refractivity contribution in [1.82, 2.24) is 14.0 Å². The zero-order valence-electron chi connectivity index (χ0n) is 13.8. The van der Waals surface area contributed by atoms with Gasteiger partial charge in [0.15, 0.2) is 0 Å². The zero-order chi connectivity index (χ0) is 18.3. The predicted molar refractivity (Wildman–Crippen MR) is 105 cm³/mol. The summed E-state index contributed by atoms with van der Waals surface area (Å²) in [6, 6.07) is 3.86. The van der Waals surface area contributed by atoms with Crippen LogP contribution in [0, 0.1) is 6.92 Å². The Morgan fingerprint density at radius 3 is 2.92 bits per heavy atom.